The minimum absolute atomic E-state index is 0.0183. The van der Waals surface area contributed by atoms with Gasteiger partial charge in [-0.05, 0) is 79.1 Å². The Labute approximate surface area is 271 Å². The molecule has 0 aliphatic heterocycles. The molecule has 15 heteroatoms. The standard InChI is InChI=1S/C30H30B2N4O6S3/c33-23(3-7-27(35)37)29(39)41-31(19-9-11-43-15-19)17-1-5-25-21(13-17)22-14-18(2-6-26(22)45-25)32(20-10-12-44-16-20)42-30(40)24(34)4-8-28(36)38/h1-2,5-6,9-16,23-24H,3-4,7-8,33-34H2,(H2,35,37)(H2,36,38). The molecule has 0 saturated heterocycles. The first-order valence-corrected chi connectivity index (χ1v) is 16.8. The highest BCUT2D eigenvalue weighted by atomic mass is 32.1. The minimum atomic E-state index is -0.993. The number of fused-ring (bicyclic) bond motifs is 3. The summed E-state index contributed by atoms with van der Waals surface area (Å²) in [7, 11) is 0. The molecule has 10 nitrogen and oxygen atoms in total. The lowest BCUT2D eigenvalue weighted by Crippen LogP contribution is -2.49. The molecule has 8 N–H and O–H groups in total. The summed E-state index contributed by atoms with van der Waals surface area (Å²) in [4.78, 5) is 48.3. The number of nitrogens with two attached hydrogens (primary N) is 4. The normalized spacial score (nSPS) is 12.5. The van der Waals surface area contributed by atoms with E-state index in [1.54, 1.807) is 11.3 Å². The molecule has 5 aromatic rings. The average molecular weight is 660 g/mol. The van der Waals surface area contributed by atoms with Crippen molar-refractivity contribution in [3.63, 3.8) is 0 Å². The van der Waals surface area contributed by atoms with E-state index >= 15 is 0 Å². The van der Waals surface area contributed by atoms with Gasteiger partial charge in [-0.3, -0.25) is 19.2 Å². The first-order valence-electron chi connectivity index (χ1n) is 14.1. The highest BCUT2D eigenvalue weighted by Gasteiger charge is 2.31. The quantitative estimate of drug-likeness (QED) is 0.125. The lowest BCUT2D eigenvalue weighted by Gasteiger charge is -2.18. The number of rotatable bonds is 14. The van der Waals surface area contributed by atoms with Gasteiger partial charge in [0.2, 0.25) is 11.8 Å². The Balaban J connectivity index is 1.49. The Morgan fingerprint density at radius 2 is 1.07 bits per heavy atom. The van der Waals surface area contributed by atoms with Crippen molar-refractivity contribution in [2.45, 2.75) is 37.8 Å². The third-order valence-electron chi connectivity index (χ3n) is 7.29. The van der Waals surface area contributed by atoms with Gasteiger partial charge in [0, 0.05) is 22.2 Å². The van der Waals surface area contributed by atoms with Gasteiger partial charge in [0.05, 0.1) is 0 Å². The Bertz CT molecular complexity index is 1700. The first-order chi connectivity index (χ1) is 21.6. The van der Waals surface area contributed by atoms with Crippen molar-refractivity contribution >= 4 is 114 Å². The van der Waals surface area contributed by atoms with E-state index < -0.39 is 49.7 Å². The number of amides is 2. The third kappa shape index (κ3) is 7.81. The Kier molecular flexibility index (Phi) is 10.4. The maximum atomic E-state index is 12.9. The molecule has 3 heterocycles. The molecular weight excluding hydrogens is 630 g/mol. The molecule has 2 amide bonds. The fourth-order valence-electron chi connectivity index (χ4n) is 4.88. The molecule has 230 valence electrons. The van der Waals surface area contributed by atoms with Crippen LogP contribution in [0.1, 0.15) is 25.7 Å². The number of primary amides is 2. The van der Waals surface area contributed by atoms with E-state index in [2.05, 4.69) is 0 Å². The SMILES string of the molecule is NC(=O)CCC(N)C(=O)OB(c1ccsc1)c1ccc2sc3ccc(B(OC(=O)C(N)CCC(N)=O)c4ccsc4)cc3c2c1. The summed E-state index contributed by atoms with van der Waals surface area (Å²) in [6, 6.07) is 13.6. The van der Waals surface area contributed by atoms with Crippen molar-refractivity contribution in [1.29, 1.82) is 0 Å². The van der Waals surface area contributed by atoms with Gasteiger partial charge in [0.15, 0.2) is 0 Å². The molecule has 0 radical (unpaired) electrons. The van der Waals surface area contributed by atoms with Crippen molar-refractivity contribution in [3.8, 4) is 0 Å². The Morgan fingerprint density at radius 1 is 0.644 bits per heavy atom. The fraction of sp³-hybridized carbons (Fsp3) is 0.200. The first kappa shape index (κ1) is 32.4. The molecule has 0 fully saturated rings. The summed E-state index contributed by atoms with van der Waals surface area (Å²) in [5.74, 6) is -2.33. The predicted molar refractivity (Wildman–Crippen MR) is 183 cm³/mol. The number of hydrogen-bond donors (Lipinski definition) is 4. The maximum absolute atomic E-state index is 12.9. The van der Waals surface area contributed by atoms with E-state index in [9.17, 15) is 19.2 Å². The zero-order valence-corrected chi connectivity index (χ0v) is 26.5. The molecule has 0 aliphatic rings. The minimum Gasteiger partial charge on any atom is -0.525 e. The van der Waals surface area contributed by atoms with Crippen LogP contribution in [0.25, 0.3) is 20.2 Å². The maximum Gasteiger partial charge on any atom is 0.430 e. The molecule has 2 atom stereocenters. The molecule has 2 aromatic carbocycles. The summed E-state index contributed by atoms with van der Waals surface area (Å²) in [6.45, 7) is -1.43. The lowest BCUT2D eigenvalue weighted by molar-refractivity contribution is -0.137. The molecule has 0 bridgehead atoms. The number of carbonyl (C=O) groups excluding carboxylic acids is 4. The van der Waals surface area contributed by atoms with Crippen molar-refractivity contribution in [2.24, 2.45) is 22.9 Å². The van der Waals surface area contributed by atoms with Gasteiger partial charge >= 0.3 is 25.8 Å². The van der Waals surface area contributed by atoms with Crippen LogP contribution in [0.4, 0.5) is 0 Å². The van der Waals surface area contributed by atoms with Gasteiger partial charge in [0.1, 0.15) is 12.1 Å². The van der Waals surface area contributed by atoms with Crippen LogP contribution in [0.2, 0.25) is 0 Å². The van der Waals surface area contributed by atoms with E-state index in [4.69, 9.17) is 32.2 Å². The van der Waals surface area contributed by atoms with Crippen molar-refractivity contribution in [1.82, 2.24) is 0 Å². The summed E-state index contributed by atoms with van der Waals surface area (Å²) in [6.07, 6.45) is 0.145. The zero-order chi connectivity index (χ0) is 32.1. The van der Waals surface area contributed by atoms with Gasteiger partial charge < -0.3 is 32.2 Å². The molecule has 45 heavy (non-hydrogen) atoms. The number of hydrogen-bond acceptors (Lipinski definition) is 11. The van der Waals surface area contributed by atoms with Crippen molar-refractivity contribution < 1.29 is 28.5 Å². The van der Waals surface area contributed by atoms with Crippen molar-refractivity contribution in [3.05, 3.63) is 70.1 Å². The van der Waals surface area contributed by atoms with Crippen LogP contribution in [-0.4, -0.2) is 49.7 Å². The molecule has 0 aliphatic carbocycles. The molecule has 3 aromatic heterocycles. The van der Waals surface area contributed by atoms with Gasteiger partial charge in [-0.1, -0.05) is 36.4 Å². The average Bonchev–Trinajstić information content (AvgIpc) is 3.81. The topological polar surface area (TPSA) is 191 Å². The third-order valence-corrected chi connectivity index (χ3v) is 9.85. The van der Waals surface area contributed by atoms with Gasteiger partial charge in [-0.15, -0.1) is 11.3 Å². The van der Waals surface area contributed by atoms with E-state index in [0.717, 1.165) is 42.0 Å². The Hall–Kier alpha value is -4.01. The number of benzene rings is 2. The zero-order valence-electron chi connectivity index (χ0n) is 24.0. The summed E-state index contributed by atoms with van der Waals surface area (Å²) < 4.78 is 13.9. The van der Waals surface area contributed by atoms with Crippen LogP contribution in [-0.2, 0) is 28.5 Å². The highest BCUT2D eigenvalue weighted by molar-refractivity contribution is 7.26. The molecule has 0 saturated carbocycles. The molecular formula is C30H30B2N4O6S3. The van der Waals surface area contributed by atoms with E-state index in [0.29, 0.717) is 0 Å². The van der Waals surface area contributed by atoms with Crippen LogP contribution >= 0.6 is 34.0 Å². The number of thiophene rings is 3. The highest BCUT2D eigenvalue weighted by Crippen LogP contribution is 2.32. The van der Waals surface area contributed by atoms with Crippen LogP contribution < -0.4 is 44.8 Å². The van der Waals surface area contributed by atoms with Gasteiger partial charge in [-0.25, -0.2) is 0 Å². The summed E-state index contributed by atoms with van der Waals surface area (Å²) >= 11 is 4.58. The van der Waals surface area contributed by atoms with Crippen LogP contribution in [0.5, 0.6) is 0 Å². The fourth-order valence-corrected chi connectivity index (χ4v) is 7.30. The van der Waals surface area contributed by atoms with E-state index in [1.165, 1.54) is 22.7 Å². The molecule has 5 rings (SSSR count). The van der Waals surface area contributed by atoms with E-state index in [-0.39, 0.29) is 25.7 Å². The predicted octanol–water partition coefficient (Wildman–Crippen LogP) is 0.661. The summed E-state index contributed by atoms with van der Waals surface area (Å²) in [5.41, 5.74) is 25.6. The summed E-state index contributed by atoms with van der Waals surface area (Å²) in [5, 5.41) is 9.51. The lowest BCUT2D eigenvalue weighted by atomic mass is 9.55. The van der Waals surface area contributed by atoms with Gasteiger partial charge in [0.25, 0.3) is 0 Å². The second-order valence-electron chi connectivity index (χ2n) is 10.6. The van der Waals surface area contributed by atoms with Gasteiger partial charge in [-0.2, -0.15) is 22.7 Å². The molecule has 2 unspecified atom stereocenters. The van der Waals surface area contributed by atoms with Crippen LogP contribution in [0.15, 0.2) is 70.1 Å². The second kappa shape index (κ2) is 14.4. The Morgan fingerprint density at radius 3 is 1.42 bits per heavy atom. The number of carbonyl (C=O) groups is 4. The second-order valence-corrected chi connectivity index (χ2v) is 13.2. The van der Waals surface area contributed by atoms with Crippen LogP contribution in [0, 0.1) is 0 Å². The van der Waals surface area contributed by atoms with E-state index in [1.807, 2.05) is 70.1 Å². The monoisotopic (exact) mass is 660 g/mol. The molecule has 0 spiro atoms. The van der Waals surface area contributed by atoms with Crippen molar-refractivity contribution in [2.75, 3.05) is 0 Å². The van der Waals surface area contributed by atoms with Crippen LogP contribution in [0.3, 0.4) is 0 Å². The smallest absolute Gasteiger partial charge is 0.430 e. The largest absolute Gasteiger partial charge is 0.525 e.